The van der Waals surface area contributed by atoms with Crippen molar-refractivity contribution in [1.29, 1.82) is 0 Å². The Kier molecular flexibility index (Phi) is 5.60. The second-order valence-electron chi connectivity index (χ2n) is 3.80. The summed E-state index contributed by atoms with van der Waals surface area (Å²) in [6.45, 7) is 0.0304. The molecule has 0 aliphatic rings. The summed E-state index contributed by atoms with van der Waals surface area (Å²) in [6, 6.07) is 3.79. The molecule has 0 amide bonds. The predicted molar refractivity (Wildman–Crippen MR) is 65.7 cm³/mol. The van der Waals surface area contributed by atoms with E-state index in [4.69, 9.17) is 0 Å². The van der Waals surface area contributed by atoms with Crippen LogP contribution >= 0.6 is 15.9 Å². The molecule has 0 aliphatic heterocycles. The molecule has 0 aromatic heterocycles. The minimum absolute atomic E-state index is 0.0304. The van der Waals surface area contributed by atoms with Gasteiger partial charge in [0, 0.05) is 16.6 Å². The van der Waals surface area contributed by atoms with Crippen LogP contribution in [-0.4, -0.2) is 36.3 Å². The van der Waals surface area contributed by atoms with Crippen molar-refractivity contribution in [2.24, 2.45) is 0 Å². The lowest BCUT2D eigenvalue weighted by Crippen LogP contribution is -2.30. The van der Waals surface area contributed by atoms with Gasteiger partial charge < -0.3 is 20.3 Å². The smallest absolute Gasteiger partial charge is 0.405 e. The maximum absolute atomic E-state index is 12.3. The van der Waals surface area contributed by atoms with Crippen molar-refractivity contribution in [2.45, 2.75) is 18.6 Å². The number of ether oxygens (including phenoxy) is 1. The van der Waals surface area contributed by atoms with Crippen molar-refractivity contribution in [1.82, 2.24) is 5.32 Å². The van der Waals surface area contributed by atoms with Crippen molar-refractivity contribution in [3.8, 4) is 5.75 Å². The molecule has 1 aromatic carbocycles. The highest BCUT2D eigenvalue weighted by Crippen LogP contribution is 2.34. The van der Waals surface area contributed by atoms with E-state index in [0.29, 0.717) is 4.47 Å². The van der Waals surface area contributed by atoms with E-state index in [1.807, 2.05) is 0 Å². The lowest BCUT2D eigenvalue weighted by Gasteiger charge is -2.21. The number of alkyl halides is 3. The zero-order valence-electron chi connectivity index (χ0n) is 9.91. The van der Waals surface area contributed by atoms with Crippen LogP contribution in [0.1, 0.15) is 11.7 Å². The number of hydrogen-bond acceptors (Lipinski definition) is 4. The lowest BCUT2D eigenvalue weighted by atomic mass is 10.0. The van der Waals surface area contributed by atoms with Gasteiger partial charge in [-0.2, -0.15) is 0 Å². The largest absolute Gasteiger partial charge is 0.573 e. The topological polar surface area (TPSA) is 61.7 Å². The maximum atomic E-state index is 12.3. The van der Waals surface area contributed by atoms with E-state index in [1.54, 1.807) is 7.05 Å². The van der Waals surface area contributed by atoms with Gasteiger partial charge in [-0.1, -0.05) is 22.0 Å². The Bertz CT molecular complexity index is 428. The van der Waals surface area contributed by atoms with Crippen LogP contribution in [0, 0.1) is 0 Å². The predicted octanol–water partition coefficient (Wildman–Crippen LogP) is 1.96. The van der Waals surface area contributed by atoms with Crippen molar-refractivity contribution in [2.75, 3.05) is 13.6 Å². The number of aliphatic hydroxyl groups excluding tert-OH is 2. The number of likely N-dealkylation sites (N-methyl/N-ethyl adjacent to an activating group) is 1. The van der Waals surface area contributed by atoms with Gasteiger partial charge >= 0.3 is 6.36 Å². The van der Waals surface area contributed by atoms with Crippen LogP contribution in [0.4, 0.5) is 13.2 Å². The molecule has 19 heavy (non-hydrogen) atoms. The second kappa shape index (κ2) is 6.56. The molecule has 2 atom stereocenters. The highest BCUT2D eigenvalue weighted by Gasteiger charge is 2.33. The summed E-state index contributed by atoms with van der Waals surface area (Å²) in [6.07, 6.45) is -7.61. The first-order chi connectivity index (χ1) is 8.74. The van der Waals surface area contributed by atoms with Crippen molar-refractivity contribution >= 4 is 15.9 Å². The third kappa shape index (κ3) is 4.98. The van der Waals surface area contributed by atoms with Crippen LogP contribution in [0.15, 0.2) is 22.7 Å². The number of benzene rings is 1. The van der Waals surface area contributed by atoms with E-state index < -0.39 is 24.3 Å². The maximum Gasteiger partial charge on any atom is 0.573 e. The standard InChI is InChI=1S/C11H13BrF3NO3/c1-16-5-8(17)10(18)7-3-2-6(12)4-9(7)19-11(13,14)15/h2-4,8,10,16-18H,5H2,1H3. The molecule has 0 spiro atoms. The van der Waals surface area contributed by atoms with Gasteiger partial charge in [-0.25, -0.2) is 0 Å². The van der Waals surface area contributed by atoms with Gasteiger partial charge in [0.05, 0.1) is 6.10 Å². The summed E-state index contributed by atoms with van der Waals surface area (Å²) < 4.78 is 41.0. The van der Waals surface area contributed by atoms with Crippen molar-refractivity contribution < 1.29 is 28.1 Å². The fourth-order valence-corrected chi connectivity index (χ4v) is 1.83. The fourth-order valence-electron chi connectivity index (χ4n) is 1.49. The molecule has 0 heterocycles. The first kappa shape index (κ1) is 16.2. The van der Waals surface area contributed by atoms with E-state index in [0.717, 1.165) is 6.07 Å². The molecule has 2 unspecified atom stereocenters. The van der Waals surface area contributed by atoms with E-state index in [-0.39, 0.29) is 12.1 Å². The van der Waals surface area contributed by atoms with Gasteiger partial charge in [0.1, 0.15) is 11.9 Å². The molecule has 0 radical (unpaired) electrons. The van der Waals surface area contributed by atoms with Gasteiger partial charge in [0.2, 0.25) is 0 Å². The molecule has 108 valence electrons. The van der Waals surface area contributed by atoms with Crippen LogP contribution in [0.3, 0.4) is 0 Å². The van der Waals surface area contributed by atoms with Gasteiger partial charge in [-0.15, -0.1) is 13.2 Å². The van der Waals surface area contributed by atoms with Crippen molar-refractivity contribution in [3.05, 3.63) is 28.2 Å². The minimum atomic E-state index is -4.87. The Morgan fingerprint density at radius 2 is 2.00 bits per heavy atom. The van der Waals surface area contributed by atoms with E-state index in [1.165, 1.54) is 12.1 Å². The third-order valence-electron chi connectivity index (χ3n) is 2.30. The molecule has 3 N–H and O–H groups in total. The number of nitrogens with one attached hydrogen (secondary N) is 1. The van der Waals surface area contributed by atoms with Crippen LogP contribution in [0.5, 0.6) is 5.75 Å². The van der Waals surface area contributed by atoms with E-state index >= 15 is 0 Å². The normalized spacial score (nSPS) is 15.1. The van der Waals surface area contributed by atoms with Crippen LogP contribution in [0.25, 0.3) is 0 Å². The molecule has 0 bridgehead atoms. The number of aliphatic hydroxyl groups is 2. The highest BCUT2D eigenvalue weighted by molar-refractivity contribution is 9.10. The first-order valence-electron chi connectivity index (χ1n) is 5.30. The highest BCUT2D eigenvalue weighted by atomic mass is 79.9. The summed E-state index contributed by atoms with van der Waals surface area (Å²) in [5, 5.41) is 22.1. The Balaban J connectivity index is 3.05. The Labute approximate surface area is 116 Å². The minimum Gasteiger partial charge on any atom is -0.405 e. The third-order valence-corrected chi connectivity index (χ3v) is 2.79. The van der Waals surface area contributed by atoms with Gasteiger partial charge in [-0.05, 0) is 19.2 Å². The molecule has 0 saturated carbocycles. The molecular formula is C11H13BrF3NO3. The number of halogens is 4. The Hall–Kier alpha value is -0.830. The molecular weight excluding hydrogens is 331 g/mol. The van der Waals surface area contributed by atoms with Gasteiger partial charge in [0.25, 0.3) is 0 Å². The zero-order valence-corrected chi connectivity index (χ0v) is 11.5. The summed E-state index contributed by atoms with van der Waals surface area (Å²) in [7, 11) is 1.55. The van der Waals surface area contributed by atoms with Crippen LogP contribution in [-0.2, 0) is 0 Å². The summed E-state index contributed by atoms with van der Waals surface area (Å²) in [5.74, 6) is -0.551. The second-order valence-corrected chi connectivity index (χ2v) is 4.72. The summed E-state index contributed by atoms with van der Waals surface area (Å²) in [4.78, 5) is 0. The van der Waals surface area contributed by atoms with Gasteiger partial charge in [0.15, 0.2) is 0 Å². The summed E-state index contributed by atoms with van der Waals surface area (Å²) in [5.41, 5.74) is -0.136. The lowest BCUT2D eigenvalue weighted by molar-refractivity contribution is -0.275. The Morgan fingerprint density at radius 3 is 2.53 bits per heavy atom. The quantitative estimate of drug-likeness (QED) is 0.764. The molecule has 0 aliphatic carbocycles. The summed E-state index contributed by atoms with van der Waals surface area (Å²) >= 11 is 3.02. The number of hydrogen-bond donors (Lipinski definition) is 3. The fraction of sp³-hybridized carbons (Fsp3) is 0.455. The average molecular weight is 344 g/mol. The monoisotopic (exact) mass is 343 g/mol. The molecule has 0 fully saturated rings. The van der Waals surface area contributed by atoms with Gasteiger partial charge in [-0.3, -0.25) is 0 Å². The number of rotatable bonds is 5. The Morgan fingerprint density at radius 1 is 1.37 bits per heavy atom. The van der Waals surface area contributed by atoms with Crippen molar-refractivity contribution in [3.63, 3.8) is 0 Å². The first-order valence-corrected chi connectivity index (χ1v) is 6.10. The van der Waals surface area contributed by atoms with E-state index in [9.17, 15) is 23.4 Å². The molecule has 4 nitrogen and oxygen atoms in total. The zero-order chi connectivity index (χ0) is 14.6. The van der Waals surface area contributed by atoms with E-state index in [2.05, 4.69) is 26.0 Å². The molecule has 0 saturated heterocycles. The van der Waals surface area contributed by atoms with Crippen LogP contribution in [0.2, 0.25) is 0 Å². The molecule has 1 rings (SSSR count). The molecule has 1 aromatic rings. The van der Waals surface area contributed by atoms with Crippen LogP contribution < -0.4 is 10.1 Å². The average Bonchev–Trinajstić information content (AvgIpc) is 2.26. The SMILES string of the molecule is CNCC(O)C(O)c1ccc(Br)cc1OC(F)(F)F. The molecule has 8 heteroatoms.